The van der Waals surface area contributed by atoms with Crippen LogP contribution in [0.1, 0.15) is 29.7 Å². The third-order valence-corrected chi connectivity index (χ3v) is 4.99. The molecule has 1 N–H and O–H groups in total. The van der Waals surface area contributed by atoms with Gasteiger partial charge in [0.1, 0.15) is 6.61 Å². The summed E-state index contributed by atoms with van der Waals surface area (Å²) in [5, 5.41) is 4.21. The Balaban J connectivity index is 1.58. The summed E-state index contributed by atoms with van der Waals surface area (Å²) in [6, 6.07) is 8.33. The Morgan fingerprint density at radius 1 is 1.40 bits per heavy atom. The van der Waals surface area contributed by atoms with E-state index in [4.69, 9.17) is 4.74 Å². The summed E-state index contributed by atoms with van der Waals surface area (Å²) in [5.41, 5.74) is 1.22. The van der Waals surface area contributed by atoms with E-state index in [0.29, 0.717) is 12.6 Å². The zero-order chi connectivity index (χ0) is 13.9. The lowest BCUT2D eigenvalue weighted by Crippen LogP contribution is -2.31. The first-order chi connectivity index (χ1) is 9.74. The molecule has 3 rings (SSSR count). The van der Waals surface area contributed by atoms with Crippen LogP contribution in [-0.4, -0.2) is 18.6 Å². The second kappa shape index (κ2) is 5.94. The maximum absolute atomic E-state index is 11.8. The number of hydrogen-bond acceptors (Lipinski definition) is 3. The number of amides is 1. The van der Waals surface area contributed by atoms with E-state index in [-0.39, 0.29) is 12.5 Å². The first-order valence-electron chi connectivity index (χ1n) is 7.09. The van der Waals surface area contributed by atoms with E-state index in [2.05, 4.69) is 24.4 Å². The van der Waals surface area contributed by atoms with E-state index in [1.54, 1.807) is 11.3 Å². The molecule has 0 spiro atoms. The van der Waals surface area contributed by atoms with Crippen molar-refractivity contribution in [1.29, 1.82) is 0 Å². The van der Waals surface area contributed by atoms with Crippen molar-refractivity contribution in [3.8, 4) is 0 Å². The number of carbonyl (C=O) groups is 1. The van der Waals surface area contributed by atoms with Gasteiger partial charge in [0.15, 0.2) is 0 Å². The number of nitrogens with one attached hydrogen (secondary N) is 1. The van der Waals surface area contributed by atoms with Gasteiger partial charge < -0.3 is 10.1 Å². The summed E-state index contributed by atoms with van der Waals surface area (Å²) in [4.78, 5) is 13.1. The zero-order valence-electron chi connectivity index (χ0n) is 11.6. The molecule has 3 nitrogen and oxygen atoms in total. The van der Waals surface area contributed by atoms with Gasteiger partial charge in [0, 0.05) is 16.1 Å². The molecule has 1 aromatic carbocycles. The average Bonchev–Trinajstić information content (AvgIpc) is 2.70. The first kappa shape index (κ1) is 13.6. The van der Waals surface area contributed by atoms with E-state index in [1.807, 2.05) is 12.1 Å². The van der Waals surface area contributed by atoms with Crippen LogP contribution in [0.2, 0.25) is 0 Å². The highest BCUT2D eigenvalue weighted by molar-refractivity contribution is 7.19. The molecule has 0 bridgehead atoms. The molecule has 0 saturated heterocycles. The van der Waals surface area contributed by atoms with Crippen LogP contribution in [0.5, 0.6) is 0 Å². The van der Waals surface area contributed by atoms with Crippen LogP contribution in [0.25, 0.3) is 10.1 Å². The van der Waals surface area contributed by atoms with Crippen LogP contribution in [0.15, 0.2) is 24.3 Å². The average molecular weight is 289 g/mol. The van der Waals surface area contributed by atoms with Gasteiger partial charge in [-0.25, -0.2) is 0 Å². The highest BCUT2D eigenvalue weighted by Crippen LogP contribution is 2.30. The van der Waals surface area contributed by atoms with Crippen molar-refractivity contribution in [2.45, 2.75) is 38.8 Å². The molecule has 2 aromatic rings. The Hall–Kier alpha value is -1.39. The highest BCUT2D eigenvalue weighted by Gasteiger charge is 2.19. The fourth-order valence-corrected chi connectivity index (χ4v) is 3.49. The van der Waals surface area contributed by atoms with Gasteiger partial charge in [-0.3, -0.25) is 4.79 Å². The van der Waals surface area contributed by atoms with Crippen molar-refractivity contribution in [1.82, 2.24) is 5.32 Å². The van der Waals surface area contributed by atoms with Gasteiger partial charge in [0.2, 0.25) is 5.91 Å². The molecular weight excluding hydrogens is 270 g/mol. The fourth-order valence-electron chi connectivity index (χ4n) is 2.41. The maximum atomic E-state index is 11.8. The molecule has 106 valence electrons. The van der Waals surface area contributed by atoms with Crippen LogP contribution in [0.3, 0.4) is 0 Å². The highest BCUT2D eigenvalue weighted by atomic mass is 32.1. The number of fused-ring (bicyclic) bond motifs is 1. The zero-order valence-corrected chi connectivity index (χ0v) is 12.5. The Bertz CT molecular complexity index is 616. The van der Waals surface area contributed by atoms with Crippen molar-refractivity contribution in [2.24, 2.45) is 0 Å². The summed E-state index contributed by atoms with van der Waals surface area (Å²) in [5.74, 6) is -0.0217. The lowest BCUT2D eigenvalue weighted by atomic mass is 9.96. The smallest absolute Gasteiger partial charge is 0.246 e. The third-order valence-electron chi connectivity index (χ3n) is 3.86. The van der Waals surface area contributed by atoms with Crippen molar-refractivity contribution < 1.29 is 9.53 Å². The number of thiophene rings is 1. The number of carbonyl (C=O) groups excluding carboxylic acids is 1. The molecule has 1 aliphatic carbocycles. The molecule has 0 radical (unpaired) electrons. The predicted molar refractivity (Wildman–Crippen MR) is 82.0 cm³/mol. The SMILES string of the molecule is Cc1sc2ccccc2c1CNC(=O)COC1CCC1. The fraction of sp³-hybridized carbons (Fsp3) is 0.438. The van der Waals surface area contributed by atoms with Crippen molar-refractivity contribution in [3.05, 3.63) is 34.7 Å². The number of benzene rings is 1. The minimum absolute atomic E-state index is 0.0217. The molecule has 1 amide bonds. The predicted octanol–water partition coefficient (Wildman–Crippen LogP) is 3.40. The topological polar surface area (TPSA) is 38.3 Å². The Kier molecular flexibility index (Phi) is 4.03. The largest absolute Gasteiger partial charge is 0.368 e. The molecule has 1 saturated carbocycles. The number of hydrogen-bond donors (Lipinski definition) is 1. The van der Waals surface area contributed by atoms with Gasteiger partial charge in [0.05, 0.1) is 6.10 Å². The van der Waals surface area contributed by atoms with Gasteiger partial charge in [-0.15, -0.1) is 11.3 Å². The summed E-state index contributed by atoms with van der Waals surface area (Å²) in [6.45, 7) is 2.88. The van der Waals surface area contributed by atoms with Crippen LogP contribution in [-0.2, 0) is 16.1 Å². The summed E-state index contributed by atoms with van der Waals surface area (Å²) >= 11 is 1.78. The van der Waals surface area contributed by atoms with E-state index in [1.165, 1.54) is 26.9 Å². The summed E-state index contributed by atoms with van der Waals surface area (Å²) in [7, 11) is 0. The summed E-state index contributed by atoms with van der Waals surface area (Å²) < 4.78 is 6.80. The molecule has 4 heteroatoms. The van der Waals surface area contributed by atoms with Gasteiger partial charge in [0.25, 0.3) is 0 Å². The Morgan fingerprint density at radius 3 is 2.95 bits per heavy atom. The number of ether oxygens (including phenoxy) is 1. The number of rotatable bonds is 5. The lowest BCUT2D eigenvalue weighted by molar-refractivity contribution is -0.129. The monoisotopic (exact) mass is 289 g/mol. The maximum Gasteiger partial charge on any atom is 0.246 e. The standard InChI is InChI=1S/C16H19NO2S/c1-11-14(13-7-2-3-8-15(13)20-11)9-17-16(18)10-19-12-5-4-6-12/h2-3,7-8,12H,4-6,9-10H2,1H3,(H,17,18). The van der Waals surface area contributed by atoms with Gasteiger partial charge >= 0.3 is 0 Å². The van der Waals surface area contributed by atoms with Crippen molar-refractivity contribution >= 4 is 27.3 Å². The lowest BCUT2D eigenvalue weighted by Gasteiger charge is -2.25. The molecule has 1 fully saturated rings. The van der Waals surface area contributed by atoms with Crippen LogP contribution < -0.4 is 5.32 Å². The van der Waals surface area contributed by atoms with Crippen molar-refractivity contribution in [3.63, 3.8) is 0 Å². The molecule has 1 heterocycles. The van der Waals surface area contributed by atoms with Crippen molar-refractivity contribution in [2.75, 3.05) is 6.61 Å². The van der Waals surface area contributed by atoms with Crippen LogP contribution in [0, 0.1) is 6.92 Å². The molecule has 0 aliphatic heterocycles. The van der Waals surface area contributed by atoms with Gasteiger partial charge in [-0.05, 0) is 43.2 Å². The second-order valence-corrected chi connectivity index (χ2v) is 6.53. The molecule has 1 aromatic heterocycles. The Labute approximate surface area is 122 Å². The normalized spacial score (nSPS) is 15.2. The van der Waals surface area contributed by atoms with E-state index in [0.717, 1.165) is 12.8 Å². The van der Waals surface area contributed by atoms with E-state index >= 15 is 0 Å². The first-order valence-corrected chi connectivity index (χ1v) is 7.91. The Morgan fingerprint density at radius 2 is 2.20 bits per heavy atom. The van der Waals surface area contributed by atoms with Gasteiger partial charge in [-0.1, -0.05) is 18.2 Å². The van der Waals surface area contributed by atoms with Crippen LogP contribution >= 0.6 is 11.3 Å². The van der Waals surface area contributed by atoms with Crippen LogP contribution in [0.4, 0.5) is 0 Å². The molecule has 20 heavy (non-hydrogen) atoms. The molecule has 0 atom stereocenters. The minimum atomic E-state index is -0.0217. The van der Waals surface area contributed by atoms with E-state index < -0.39 is 0 Å². The second-order valence-electron chi connectivity index (χ2n) is 5.27. The summed E-state index contributed by atoms with van der Waals surface area (Å²) in [6.07, 6.45) is 3.74. The molecular formula is C16H19NO2S. The molecule has 0 unspecified atom stereocenters. The molecule has 1 aliphatic rings. The quantitative estimate of drug-likeness (QED) is 0.916. The number of aryl methyl sites for hydroxylation is 1. The third kappa shape index (κ3) is 2.86. The van der Waals surface area contributed by atoms with E-state index in [9.17, 15) is 4.79 Å². The minimum Gasteiger partial charge on any atom is -0.368 e. The van der Waals surface area contributed by atoms with Gasteiger partial charge in [-0.2, -0.15) is 0 Å².